The van der Waals surface area contributed by atoms with Crippen LogP contribution in [-0.4, -0.2) is 29.9 Å². The average molecular weight is 502 g/mol. The lowest BCUT2D eigenvalue weighted by molar-refractivity contribution is -0.116. The van der Waals surface area contributed by atoms with Crippen LogP contribution >= 0.6 is 35.6 Å². The number of aliphatic imine (C=N–C) groups is 1. The van der Waals surface area contributed by atoms with Crippen molar-refractivity contribution in [1.82, 2.24) is 15.6 Å². The second-order valence-electron chi connectivity index (χ2n) is 5.60. The molecule has 3 N–H and O–H groups in total. The van der Waals surface area contributed by atoms with Crippen LogP contribution in [-0.2, 0) is 11.3 Å². The lowest BCUT2D eigenvalue weighted by Crippen LogP contribution is -2.38. The zero-order chi connectivity index (χ0) is 18.6. The summed E-state index contributed by atoms with van der Waals surface area (Å²) in [5.41, 5.74) is 1.66. The Morgan fingerprint density at radius 2 is 1.93 bits per heavy atom. The van der Waals surface area contributed by atoms with Crippen LogP contribution in [0.3, 0.4) is 0 Å². The second-order valence-corrected chi connectivity index (χ2v) is 6.04. The smallest absolute Gasteiger partial charge is 0.224 e. The van der Waals surface area contributed by atoms with Gasteiger partial charge in [0.15, 0.2) is 5.96 Å². The third-order valence-corrected chi connectivity index (χ3v) is 3.72. The van der Waals surface area contributed by atoms with Crippen LogP contribution in [0.2, 0.25) is 5.02 Å². The highest BCUT2D eigenvalue weighted by molar-refractivity contribution is 14.0. The number of nitrogens with one attached hydrogen (secondary N) is 3. The monoisotopic (exact) mass is 501 g/mol. The molecule has 0 unspecified atom stereocenters. The first-order chi connectivity index (χ1) is 12.7. The molecule has 0 radical (unpaired) electrons. The lowest BCUT2D eigenvalue weighted by atomic mass is 10.2. The summed E-state index contributed by atoms with van der Waals surface area (Å²) < 4.78 is 0. The minimum Gasteiger partial charge on any atom is -0.357 e. The quantitative estimate of drug-likeness (QED) is 0.222. The molecule has 2 rings (SSSR count). The zero-order valence-corrected chi connectivity index (χ0v) is 18.3. The van der Waals surface area contributed by atoms with Gasteiger partial charge in [0.1, 0.15) is 0 Å². The summed E-state index contributed by atoms with van der Waals surface area (Å²) in [5.74, 6) is 0.695. The fourth-order valence-corrected chi connectivity index (χ4v) is 2.33. The number of anilines is 1. The first-order valence-electron chi connectivity index (χ1n) is 8.65. The van der Waals surface area contributed by atoms with Gasteiger partial charge in [-0.2, -0.15) is 0 Å². The van der Waals surface area contributed by atoms with E-state index in [-0.39, 0.29) is 29.9 Å². The first-order valence-corrected chi connectivity index (χ1v) is 9.02. The van der Waals surface area contributed by atoms with Gasteiger partial charge in [0.25, 0.3) is 0 Å². The molecule has 1 aromatic heterocycles. The van der Waals surface area contributed by atoms with E-state index >= 15 is 0 Å². The maximum absolute atomic E-state index is 12.0. The third-order valence-electron chi connectivity index (χ3n) is 3.47. The average Bonchev–Trinajstić information content (AvgIpc) is 2.66. The lowest BCUT2D eigenvalue weighted by Gasteiger charge is -2.11. The molecular weight excluding hydrogens is 477 g/mol. The van der Waals surface area contributed by atoms with Crippen LogP contribution in [0.1, 0.15) is 25.5 Å². The van der Waals surface area contributed by atoms with Crippen LogP contribution in [0.4, 0.5) is 5.69 Å². The number of nitrogens with zero attached hydrogens (tertiary/aromatic N) is 2. The number of pyridine rings is 1. The standard InChI is InChI=1S/C19H24ClN5O.HI/c1-2-21-19(24-14-17-6-3-4-12-22-17)23-13-5-7-18(26)25-16-10-8-15(20)9-11-16;/h3-4,6,8-12H,2,5,7,13-14H2,1H3,(H,25,26)(H2,21,23,24);1H. The van der Waals surface area contributed by atoms with Gasteiger partial charge in [0.05, 0.1) is 12.2 Å². The van der Waals surface area contributed by atoms with E-state index in [0.29, 0.717) is 31.0 Å². The van der Waals surface area contributed by atoms with E-state index in [0.717, 1.165) is 23.9 Å². The topological polar surface area (TPSA) is 78.4 Å². The molecule has 0 aliphatic rings. The van der Waals surface area contributed by atoms with Crippen LogP contribution in [0.15, 0.2) is 53.7 Å². The van der Waals surface area contributed by atoms with Gasteiger partial charge >= 0.3 is 0 Å². The van der Waals surface area contributed by atoms with Gasteiger partial charge in [-0.05, 0) is 49.7 Å². The van der Waals surface area contributed by atoms with Crippen molar-refractivity contribution in [2.75, 3.05) is 18.4 Å². The maximum Gasteiger partial charge on any atom is 0.224 e. The highest BCUT2D eigenvalue weighted by Gasteiger charge is 2.03. The van der Waals surface area contributed by atoms with Gasteiger partial charge < -0.3 is 16.0 Å². The van der Waals surface area contributed by atoms with Gasteiger partial charge in [0, 0.05) is 36.4 Å². The molecule has 2 aromatic rings. The van der Waals surface area contributed by atoms with E-state index in [1.807, 2.05) is 25.1 Å². The Labute approximate surface area is 182 Å². The molecule has 27 heavy (non-hydrogen) atoms. The molecular formula is C19H25ClIN5O. The largest absolute Gasteiger partial charge is 0.357 e. The van der Waals surface area contributed by atoms with Crippen molar-refractivity contribution >= 4 is 53.1 Å². The Morgan fingerprint density at radius 3 is 2.59 bits per heavy atom. The molecule has 0 aliphatic carbocycles. The molecule has 0 fully saturated rings. The predicted molar refractivity (Wildman–Crippen MR) is 122 cm³/mol. The molecule has 0 aliphatic heterocycles. The van der Waals surface area contributed by atoms with Crippen molar-refractivity contribution in [3.05, 3.63) is 59.4 Å². The Balaban J connectivity index is 0.00000364. The molecule has 0 saturated carbocycles. The number of aromatic nitrogens is 1. The summed E-state index contributed by atoms with van der Waals surface area (Å²) in [7, 11) is 0. The molecule has 8 heteroatoms. The van der Waals surface area contributed by atoms with Gasteiger partial charge in [-0.1, -0.05) is 17.7 Å². The number of hydrogen-bond donors (Lipinski definition) is 3. The summed E-state index contributed by atoms with van der Waals surface area (Å²) in [5, 5.41) is 9.91. The Morgan fingerprint density at radius 1 is 1.15 bits per heavy atom. The third kappa shape index (κ3) is 9.58. The molecule has 1 amide bonds. The van der Waals surface area contributed by atoms with Crippen molar-refractivity contribution in [3.63, 3.8) is 0 Å². The summed E-state index contributed by atoms with van der Waals surface area (Å²) in [6.45, 7) is 3.94. The van der Waals surface area contributed by atoms with Crippen molar-refractivity contribution in [1.29, 1.82) is 0 Å². The number of amides is 1. The minimum absolute atomic E-state index is 0. The van der Waals surface area contributed by atoms with Crippen molar-refractivity contribution in [2.45, 2.75) is 26.3 Å². The number of halogens is 2. The summed E-state index contributed by atoms with van der Waals surface area (Å²) >= 11 is 5.83. The van der Waals surface area contributed by atoms with Gasteiger partial charge in [-0.15, -0.1) is 24.0 Å². The van der Waals surface area contributed by atoms with Gasteiger partial charge in [-0.3, -0.25) is 9.78 Å². The van der Waals surface area contributed by atoms with Crippen LogP contribution < -0.4 is 16.0 Å². The number of carbonyl (C=O) groups is 1. The van der Waals surface area contributed by atoms with Gasteiger partial charge in [0.2, 0.25) is 5.91 Å². The number of hydrogen-bond acceptors (Lipinski definition) is 3. The Kier molecular flexibility index (Phi) is 11.4. The minimum atomic E-state index is -0.0236. The van der Waals surface area contributed by atoms with Crippen molar-refractivity contribution in [2.24, 2.45) is 4.99 Å². The van der Waals surface area contributed by atoms with Crippen LogP contribution in [0.5, 0.6) is 0 Å². The molecule has 0 atom stereocenters. The van der Waals surface area contributed by atoms with Crippen molar-refractivity contribution in [3.8, 4) is 0 Å². The van der Waals surface area contributed by atoms with Gasteiger partial charge in [-0.25, -0.2) is 4.99 Å². The fraction of sp³-hybridized carbons (Fsp3) is 0.316. The van der Waals surface area contributed by atoms with E-state index < -0.39 is 0 Å². The number of benzene rings is 1. The van der Waals surface area contributed by atoms with E-state index in [2.05, 4.69) is 25.9 Å². The number of rotatable bonds is 8. The fourth-order valence-electron chi connectivity index (χ4n) is 2.21. The molecule has 146 valence electrons. The molecule has 6 nitrogen and oxygen atoms in total. The van der Waals surface area contributed by atoms with E-state index in [9.17, 15) is 4.79 Å². The zero-order valence-electron chi connectivity index (χ0n) is 15.2. The first kappa shape index (κ1) is 23.2. The second kappa shape index (κ2) is 13.3. The summed E-state index contributed by atoms with van der Waals surface area (Å²) in [4.78, 5) is 20.7. The van der Waals surface area contributed by atoms with Crippen LogP contribution in [0, 0.1) is 0 Å². The molecule has 0 saturated heterocycles. The normalized spacial score (nSPS) is 10.7. The molecule has 0 bridgehead atoms. The van der Waals surface area contributed by atoms with E-state index in [4.69, 9.17) is 11.6 Å². The SMILES string of the molecule is CCNC(=NCc1ccccn1)NCCCC(=O)Nc1ccc(Cl)cc1.I. The Hall–Kier alpha value is -1.87. The molecule has 1 aromatic carbocycles. The summed E-state index contributed by atoms with van der Waals surface area (Å²) in [6, 6.07) is 12.8. The number of carbonyl (C=O) groups excluding carboxylic acids is 1. The summed E-state index contributed by atoms with van der Waals surface area (Å²) in [6.07, 6.45) is 2.88. The van der Waals surface area contributed by atoms with Crippen LogP contribution in [0.25, 0.3) is 0 Å². The molecule has 0 spiro atoms. The van der Waals surface area contributed by atoms with Crippen molar-refractivity contribution < 1.29 is 4.79 Å². The molecule has 1 heterocycles. The highest BCUT2D eigenvalue weighted by Crippen LogP contribution is 2.13. The maximum atomic E-state index is 12.0. The van der Waals surface area contributed by atoms with E-state index in [1.165, 1.54) is 0 Å². The highest BCUT2D eigenvalue weighted by atomic mass is 127. The van der Waals surface area contributed by atoms with E-state index in [1.54, 1.807) is 30.5 Å². The number of guanidine groups is 1. The Bertz CT molecular complexity index is 710. The predicted octanol–water partition coefficient (Wildman–Crippen LogP) is 3.83.